The lowest BCUT2D eigenvalue weighted by Gasteiger charge is -2.29. The molecule has 2 aliphatic carbocycles. The minimum Gasteiger partial charge on any atom is -0.340 e. The third-order valence-corrected chi connectivity index (χ3v) is 5.42. The van der Waals surface area contributed by atoms with Gasteiger partial charge in [0.25, 0.3) is 0 Å². The predicted molar refractivity (Wildman–Crippen MR) is 85.4 cm³/mol. The van der Waals surface area contributed by atoms with Crippen molar-refractivity contribution in [2.75, 3.05) is 0 Å². The van der Waals surface area contributed by atoms with E-state index in [0.717, 1.165) is 10.3 Å². The van der Waals surface area contributed by atoms with Gasteiger partial charge < -0.3 is 9.13 Å². The molecule has 0 atom stereocenters. The molecule has 2 aromatic heterocycles. The molecule has 0 saturated heterocycles. The number of rotatable bonds is 4. The van der Waals surface area contributed by atoms with Gasteiger partial charge in [-0.25, -0.2) is 0 Å². The van der Waals surface area contributed by atoms with Crippen molar-refractivity contribution in [3.05, 3.63) is 34.6 Å². The van der Waals surface area contributed by atoms with Gasteiger partial charge in [0.2, 0.25) is 0 Å². The Bertz CT molecular complexity index is 662. The van der Waals surface area contributed by atoms with Gasteiger partial charge in [0.05, 0.1) is 5.54 Å². The van der Waals surface area contributed by atoms with E-state index in [4.69, 9.17) is 0 Å². The SMILES string of the molecule is CC(C)(c1nnc(C2CCC2)n1C1CC1)n1ccc(Br)c1. The highest BCUT2D eigenvalue weighted by molar-refractivity contribution is 9.10. The van der Waals surface area contributed by atoms with E-state index in [9.17, 15) is 0 Å². The van der Waals surface area contributed by atoms with Crippen LogP contribution in [-0.4, -0.2) is 19.3 Å². The Morgan fingerprint density at radius 3 is 2.48 bits per heavy atom. The lowest BCUT2D eigenvalue weighted by Crippen LogP contribution is -2.31. The Hall–Kier alpha value is -1.10. The van der Waals surface area contributed by atoms with Crippen LogP contribution < -0.4 is 0 Å². The Morgan fingerprint density at radius 1 is 1.19 bits per heavy atom. The molecule has 0 aliphatic heterocycles. The standard InChI is InChI=1S/C16H21BrN4/c1-16(2,20-9-8-12(17)10-20)15-19-18-14(11-4-3-5-11)21(15)13-6-7-13/h8-11,13H,3-7H2,1-2H3. The quantitative estimate of drug-likeness (QED) is 0.828. The molecule has 112 valence electrons. The minimum atomic E-state index is -0.177. The zero-order valence-electron chi connectivity index (χ0n) is 12.6. The molecular weight excluding hydrogens is 328 g/mol. The largest absolute Gasteiger partial charge is 0.340 e. The summed E-state index contributed by atoms with van der Waals surface area (Å²) >= 11 is 3.54. The molecule has 0 unspecified atom stereocenters. The molecule has 21 heavy (non-hydrogen) atoms. The molecule has 2 saturated carbocycles. The molecule has 2 heterocycles. The van der Waals surface area contributed by atoms with Crippen molar-refractivity contribution in [1.29, 1.82) is 0 Å². The fourth-order valence-electron chi connectivity index (χ4n) is 3.19. The second kappa shape index (κ2) is 4.70. The molecule has 0 N–H and O–H groups in total. The summed E-state index contributed by atoms with van der Waals surface area (Å²) in [5, 5.41) is 9.20. The van der Waals surface area contributed by atoms with Gasteiger partial charge in [-0.3, -0.25) is 0 Å². The van der Waals surface area contributed by atoms with E-state index in [1.54, 1.807) is 0 Å². The van der Waals surface area contributed by atoms with Gasteiger partial charge in [0, 0.05) is 28.8 Å². The second-order valence-corrected chi connectivity index (χ2v) is 7.82. The summed E-state index contributed by atoms with van der Waals surface area (Å²) in [6.45, 7) is 4.46. The summed E-state index contributed by atoms with van der Waals surface area (Å²) in [6.07, 6.45) is 10.7. The molecule has 5 heteroatoms. The lowest BCUT2D eigenvalue weighted by molar-refractivity contribution is 0.362. The van der Waals surface area contributed by atoms with Crippen molar-refractivity contribution < 1.29 is 0 Å². The van der Waals surface area contributed by atoms with E-state index in [2.05, 4.69) is 67.6 Å². The number of hydrogen-bond acceptors (Lipinski definition) is 2. The van der Waals surface area contributed by atoms with E-state index in [0.29, 0.717) is 12.0 Å². The predicted octanol–water partition coefficient (Wildman–Crippen LogP) is 4.23. The smallest absolute Gasteiger partial charge is 0.159 e. The van der Waals surface area contributed by atoms with Crippen LogP contribution in [0, 0.1) is 0 Å². The summed E-state index contributed by atoms with van der Waals surface area (Å²) in [5.74, 6) is 2.98. The van der Waals surface area contributed by atoms with Gasteiger partial charge in [0.15, 0.2) is 5.82 Å². The fourth-order valence-corrected chi connectivity index (χ4v) is 3.53. The third kappa shape index (κ3) is 2.17. The number of hydrogen-bond donors (Lipinski definition) is 0. The third-order valence-electron chi connectivity index (χ3n) is 4.95. The summed E-state index contributed by atoms with van der Waals surface area (Å²) < 4.78 is 5.79. The molecule has 0 spiro atoms. The van der Waals surface area contributed by atoms with Crippen LogP contribution >= 0.6 is 15.9 Å². The van der Waals surface area contributed by atoms with Gasteiger partial charge in [-0.15, -0.1) is 10.2 Å². The summed E-state index contributed by atoms with van der Waals surface area (Å²) in [4.78, 5) is 0. The topological polar surface area (TPSA) is 35.6 Å². The van der Waals surface area contributed by atoms with Gasteiger partial charge >= 0.3 is 0 Å². The fraction of sp³-hybridized carbons (Fsp3) is 0.625. The zero-order chi connectivity index (χ0) is 14.6. The van der Waals surface area contributed by atoms with Crippen LogP contribution in [0.5, 0.6) is 0 Å². The molecule has 0 bridgehead atoms. The molecule has 2 aliphatic rings. The van der Waals surface area contributed by atoms with E-state index in [-0.39, 0.29) is 5.54 Å². The summed E-state index contributed by atoms with van der Waals surface area (Å²) in [7, 11) is 0. The van der Waals surface area contributed by atoms with Crippen molar-refractivity contribution in [1.82, 2.24) is 19.3 Å². The summed E-state index contributed by atoms with van der Waals surface area (Å²) in [6, 6.07) is 2.70. The van der Waals surface area contributed by atoms with Crippen molar-refractivity contribution >= 4 is 15.9 Å². The Balaban J connectivity index is 1.78. The number of nitrogens with zero attached hydrogens (tertiary/aromatic N) is 4. The van der Waals surface area contributed by atoms with E-state index in [1.165, 1.54) is 37.9 Å². The summed E-state index contributed by atoms with van der Waals surface area (Å²) in [5.41, 5.74) is -0.177. The maximum Gasteiger partial charge on any atom is 0.159 e. The molecule has 2 fully saturated rings. The molecule has 0 aromatic carbocycles. The monoisotopic (exact) mass is 348 g/mol. The van der Waals surface area contributed by atoms with Crippen molar-refractivity contribution in [2.24, 2.45) is 0 Å². The minimum absolute atomic E-state index is 0.177. The van der Waals surface area contributed by atoms with E-state index in [1.807, 2.05) is 0 Å². The highest BCUT2D eigenvalue weighted by Gasteiger charge is 2.39. The number of halogens is 1. The van der Waals surface area contributed by atoms with Crippen LogP contribution in [0.2, 0.25) is 0 Å². The average molecular weight is 349 g/mol. The Kier molecular flexibility index (Phi) is 3.03. The van der Waals surface area contributed by atoms with Gasteiger partial charge in [-0.2, -0.15) is 0 Å². The van der Waals surface area contributed by atoms with E-state index < -0.39 is 0 Å². The van der Waals surface area contributed by atoms with Crippen LogP contribution in [-0.2, 0) is 5.54 Å². The average Bonchev–Trinajstić information content (AvgIpc) is 2.96. The Labute approximate surface area is 133 Å². The molecule has 4 nitrogen and oxygen atoms in total. The molecule has 4 rings (SSSR count). The molecular formula is C16H21BrN4. The van der Waals surface area contributed by atoms with Crippen molar-refractivity contribution in [2.45, 2.75) is 63.5 Å². The molecule has 0 radical (unpaired) electrons. The van der Waals surface area contributed by atoms with Crippen LogP contribution in [0.15, 0.2) is 22.9 Å². The first-order chi connectivity index (χ1) is 10.1. The first kappa shape index (κ1) is 13.6. The van der Waals surface area contributed by atoms with Gasteiger partial charge in [-0.05, 0) is 61.5 Å². The van der Waals surface area contributed by atoms with Crippen molar-refractivity contribution in [3.63, 3.8) is 0 Å². The maximum atomic E-state index is 4.61. The van der Waals surface area contributed by atoms with Gasteiger partial charge in [-0.1, -0.05) is 6.42 Å². The first-order valence-corrected chi connectivity index (χ1v) is 8.66. The molecule has 0 amide bonds. The van der Waals surface area contributed by atoms with Crippen LogP contribution in [0.25, 0.3) is 0 Å². The Morgan fingerprint density at radius 2 is 1.95 bits per heavy atom. The molecule has 2 aromatic rings. The normalized spacial score (nSPS) is 19.8. The van der Waals surface area contributed by atoms with Crippen LogP contribution in [0.3, 0.4) is 0 Å². The zero-order valence-corrected chi connectivity index (χ0v) is 14.2. The van der Waals surface area contributed by atoms with E-state index >= 15 is 0 Å². The van der Waals surface area contributed by atoms with Crippen LogP contribution in [0.4, 0.5) is 0 Å². The van der Waals surface area contributed by atoms with Crippen LogP contribution in [0.1, 0.15) is 69.6 Å². The highest BCUT2D eigenvalue weighted by atomic mass is 79.9. The maximum absolute atomic E-state index is 4.61. The lowest BCUT2D eigenvalue weighted by atomic mass is 9.84. The number of aromatic nitrogens is 4. The second-order valence-electron chi connectivity index (χ2n) is 6.91. The van der Waals surface area contributed by atoms with Crippen molar-refractivity contribution in [3.8, 4) is 0 Å². The first-order valence-electron chi connectivity index (χ1n) is 7.86. The van der Waals surface area contributed by atoms with Gasteiger partial charge in [0.1, 0.15) is 5.82 Å². The highest BCUT2D eigenvalue weighted by Crippen LogP contribution is 2.44.